The van der Waals surface area contributed by atoms with E-state index in [4.69, 9.17) is 13.9 Å². The Morgan fingerprint density at radius 2 is 1.80 bits per heavy atom. The van der Waals surface area contributed by atoms with Crippen LogP contribution in [0.5, 0.6) is 11.5 Å². The molecular formula is C31H27F4NO5. The lowest BCUT2D eigenvalue weighted by Gasteiger charge is -2.15. The second kappa shape index (κ2) is 13.2. The minimum Gasteiger partial charge on any atom is -0.493 e. The van der Waals surface area contributed by atoms with E-state index in [1.165, 1.54) is 18.2 Å². The second-order valence-electron chi connectivity index (χ2n) is 9.12. The molecule has 10 heteroatoms. The number of carbonyl (C=O) groups is 1. The number of aliphatic carboxylic acids is 1. The summed E-state index contributed by atoms with van der Waals surface area (Å²) in [5, 5.41) is 9.48. The number of hydrogen-bond donors (Lipinski definition) is 1. The molecule has 3 aromatic carbocycles. The Hall–Kier alpha value is -4.60. The highest BCUT2D eigenvalue weighted by atomic mass is 19.4. The van der Waals surface area contributed by atoms with Crippen molar-refractivity contribution in [2.75, 3.05) is 6.61 Å². The maximum absolute atomic E-state index is 14.0. The SMILES string of the molecule is Cc1oc(-c2ccccc2)nc1CCOc1ccc(F)cc1C=CCCC(Oc1ccc(C(F)(F)F)cc1)C(=O)O. The summed E-state index contributed by atoms with van der Waals surface area (Å²) in [4.78, 5) is 16.2. The number of alkyl halides is 3. The van der Waals surface area contributed by atoms with Gasteiger partial charge in [0.1, 0.15) is 23.1 Å². The molecule has 41 heavy (non-hydrogen) atoms. The van der Waals surface area contributed by atoms with Crippen molar-refractivity contribution in [2.24, 2.45) is 0 Å². The first kappa shape index (κ1) is 29.4. The topological polar surface area (TPSA) is 81.8 Å². The van der Waals surface area contributed by atoms with E-state index < -0.39 is 29.6 Å². The van der Waals surface area contributed by atoms with Gasteiger partial charge in [-0.15, -0.1) is 0 Å². The van der Waals surface area contributed by atoms with Gasteiger partial charge in [0.2, 0.25) is 5.89 Å². The van der Waals surface area contributed by atoms with Crippen molar-refractivity contribution in [1.29, 1.82) is 0 Å². The van der Waals surface area contributed by atoms with Crippen molar-refractivity contribution in [3.05, 3.63) is 107 Å². The highest BCUT2D eigenvalue weighted by Gasteiger charge is 2.30. The molecule has 0 aliphatic rings. The minimum absolute atomic E-state index is 0.00781. The molecule has 214 valence electrons. The molecule has 4 aromatic rings. The molecule has 1 N–H and O–H groups in total. The maximum atomic E-state index is 14.0. The van der Waals surface area contributed by atoms with Crippen LogP contribution in [0.3, 0.4) is 0 Å². The zero-order chi connectivity index (χ0) is 29.4. The van der Waals surface area contributed by atoms with Gasteiger partial charge in [0.25, 0.3) is 0 Å². The number of aryl methyl sites for hydroxylation is 1. The smallest absolute Gasteiger partial charge is 0.416 e. The van der Waals surface area contributed by atoms with Crippen molar-refractivity contribution in [3.63, 3.8) is 0 Å². The molecule has 1 atom stereocenters. The molecule has 0 aliphatic heterocycles. The molecule has 0 saturated heterocycles. The molecule has 0 amide bonds. The van der Waals surface area contributed by atoms with Crippen molar-refractivity contribution < 1.29 is 41.4 Å². The number of carboxylic acids is 1. The lowest BCUT2D eigenvalue weighted by Crippen LogP contribution is -2.26. The lowest BCUT2D eigenvalue weighted by molar-refractivity contribution is -0.145. The summed E-state index contributed by atoms with van der Waals surface area (Å²) in [5.41, 5.74) is 1.21. The lowest BCUT2D eigenvalue weighted by atomic mass is 10.1. The van der Waals surface area contributed by atoms with Gasteiger partial charge in [-0.2, -0.15) is 13.2 Å². The number of carboxylic acid groups (broad SMARTS) is 1. The average molecular weight is 570 g/mol. The number of ether oxygens (including phenoxy) is 2. The van der Waals surface area contributed by atoms with Crippen LogP contribution in [0.1, 0.15) is 35.4 Å². The van der Waals surface area contributed by atoms with Crippen LogP contribution in [0.4, 0.5) is 17.6 Å². The standard InChI is InChI=1S/C31H27F4NO5/c1-20-26(36-29(40-20)21-7-3-2-4-8-21)17-18-39-27-16-13-24(32)19-22(27)9-5-6-10-28(30(37)38)41-25-14-11-23(12-15-25)31(33,34)35/h2-5,7-9,11-16,19,28H,6,10,17-18H2,1H3,(H,37,38). The van der Waals surface area contributed by atoms with E-state index in [0.29, 0.717) is 29.4 Å². The summed E-state index contributed by atoms with van der Waals surface area (Å²) in [5.74, 6) is -0.0857. The molecule has 0 bridgehead atoms. The van der Waals surface area contributed by atoms with E-state index in [9.17, 15) is 27.5 Å². The third-order valence-corrected chi connectivity index (χ3v) is 6.11. The number of nitrogens with zero attached hydrogens (tertiary/aromatic N) is 1. The van der Waals surface area contributed by atoms with Crippen molar-refractivity contribution in [1.82, 2.24) is 4.98 Å². The quantitative estimate of drug-likeness (QED) is 0.176. The molecular weight excluding hydrogens is 542 g/mol. The first-order valence-electron chi connectivity index (χ1n) is 12.8. The van der Waals surface area contributed by atoms with E-state index in [1.807, 2.05) is 37.3 Å². The fourth-order valence-corrected chi connectivity index (χ4v) is 3.98. The summed E-state index contributed by atoms with van der Waals surface area (Å²) in [7, 11) is 0. The Kier molecular flexibility index (Phi) is 9.44. The van der Waals surface area contributed by atoms with E-state index in [-0.39, 0.29) is 25.2 Å². The average Bonchev–Trinajstić information content (AvgIpc) is 3.31. The molecule has 1 aromatic heterocycles. The van der Waals surface area contributed by atoms with Gasteiger partial charge in [-0.25, -0.2) is 14.2 Å². The Morgan fingerprint density at radius 3 is 2.49 bits per heavy atom. The van der Waals surface area contributed by atoms with Gasteiger partial charge in [0.15, 0.2) is 6.10 Å². The van der Waals surface area contributed by atoms with Crippen LogP contribution >= 0.6 is 0 Å². The number of allylic oxidation sites excluding steroid dienone is 1. The monoisotopic (exact) mass is 569 g/mol. The third kappa shape index (κ3) is 8.20. The Bertz CT molecular complexity index is 1480. The summed E-state index contributed by atoms with van der Waals surface area (Å²) < 4.78 is 69.3. The zero-order valence-electron chi connectivity index (χ0n) is 22.0. The molecule has 0 fully saturated rings. The van der Waals surface area contributed by atoms with Crippen molar-refractivity contribution in [2.45, 2.75) is 38.5 Å². The molecule has 0 radical (unpaired) electrons. The molecule has 4 rings (SSSR count). The summed E-state index contributed by atoms with van der Waals surface area (Å²) in [6.07, 6.45) is -1.78. The normalized spacial score (nSPS) is 12.4. The van der Waals surface area contributed by atoms with Crippen LogP contribution in [0.2, 0.25) is 0 Å². The molecule has 1 heterocycles. The van der Waals surface area contributed by atoms with E-state index in [2.05, 4.69) is 4.98 Å². The molecule has 6 nitrogen and oxygen atoms in total. The van der Waals surface area contributed by atoms with Crippen molar-refractivity contribution >= 4 is 12.0 Å². The first-order valence-corrected chi connectivity index (χ1v) is 12.8. The molecule has 1 unspecified atom stereocenters. The van der Waals surface area contributed by atoms with Gasteiger partial charge in [0.05, 0.1) is 17.9 Å². The van der Waals surface area contributed by atoms with Crippen LogP contribution in [0.15, 0.2) is 83.3 Å². The van der Waals surface area contributed by atoms with Gasteiger partial charge in [0, 0.05) is 17.5 Å². The molecule has 0 saturated carbocycles. The van der Waals surface area contributed by atoms with Crippen LogP contribution in [-0.4, -0.2) is 28.8 Å². The van der Waals surface area contributed by atoms with Crippen LogP contribution in [0.25, 0.3) is 17.5 Å². The summed E-state index contributed by atoms with van der Waals surface area (Å²) >= 11 is 0. The van der Waals surface area contributed by atoms with Gasteiger partial charge in [-0.05, 0) is 74.4 Å². The summed E-state index contributed by atoms with van der Waals surface area (Å²) in [6.45, 7) is 2.09. The number of benzene rings is 3. The number of halogens is 4. The van der Waals surface area contributed by atoms with Gasteiger partial charge in [-0.1, -0.05) is 30.4 Å². The number of hydrogen-bond acceptors (Lipinski definition) is 5. The Balaban J connectivity index is 1.33. The zero-order valence-corrected chi connectivity index (χ0v) is 22.0. The largest absolute Gasteiger partial charge is 0.493 e. The highest BCUT2D eigenvalue weighted by Crippen LogP contribution is 2.31. The minimum atomic E-state index is -4.50. The fraction of sp³-hybridized carbons (Fsp3) is 0.226. The maximum Gasteiger partial charge on any atom is 0.416 e. The number of oxazole rings is 1. The van der Waals surface area contributed by atoms with Gasteiger partial charge >= 0.3 is 12.1 Å². The van der Waals surface area contributed by atoms with Gasteiger partial charge in [-0.3, -0.25) is 0 Å². The predicted molar refractivity (Wildman–Crippen MR) is 144 cm³/mol. The molecule has 0 spiro atoms. The second-order valence-corrected chi connectivity index (χ2v) is 9.12. The van der Waals surface area contributed by atoms with Crippen molar-refractivity contribution in [3.8, 4) is 23.0 Å². The Labute approximate surface area is 233 Å². The predicted octanol–water partition coefficient (Wildman–Crippen LogP) is 7.76. The molecule has 0 aliphatic carbocycles. The number of rotatable bonds is 12. The number of aromatic nitrogens is 1. The third-order valence-electron chi connectivity index (χ3n) is 6.11. The van der Waals surface area contributed by atoms with E-state index in [1.54, 1.807) is 12.2 Å². The Morgan fingerprint density at radius 1 is 1.07 bits per heavy atom. The fourth-order valence-electron chi connectivity index (χ4n) is 3.98. The summed E-state index contributed by atoms with van der Waals surface area (Å²) in [6, 6.07) is 17.4. The van der Waals surface area contributed by atoms with Crippen LogP contribution in [0, 0.1) is 12.7 Å². The van der Waals surface area contributed by atoms with Crippen LogP contribution in [-0.2, 0) is 17.4 Å². The van der Waals surface area contributed by atoms with Crippen LogP contribution < -0.4 is 9.47 Å². The van der Waals surface area contributed by atoms with E-state index >= 15 is 0 Å². The van der Waals surface area contributed by atoms with E-state index in [0.717, 1.165) is 35.5 Å². The van der Waals surface area contributed by atoms with Gasteiger partial charge < -0.3 is 19.0 Å². The highest BCUT2D eigenvalue weighted by molar-refractivity contribution is 5.72. The first-order chi connectivity index (χ1) is 19.6.